The molecule has 108 valence electrons. The summed E-state index contributed by atoms with van der Waals surface area (Å²) in [6, 6.07) is 5.98. The molecule has 6 nitrogen and oxygen atoms in total. The second-order valence-corrected chi connectivity index (χ2v) is 5.06. The highest BCUT2D eigenvalue weighted by Crippen LogP contribution is 2.24. The SMILES string of the molecule is O=C(O)C1CCCCCN1Cc1ccccc1[N+](=O)[O-]. The molecule has 1 heterocycles. The number of nitro benzene ring substituents is 1. The number of hydrogen-bond donors (Lipinski definition) is 1. The molecule has 6 heteroatoms. The first kappa shape index (κ1) is 14.5. The van der Waals surface area contributed by atoms with Crippen molar-refractivity contribution in [1.29, 1.82) is 0 Å². The molecule has 1 N–H and O–H groups in total. The Balaban J connectivity index is 2.22. The maximum absolute atomic E-state index is 11.4. The van der Waals surface area contributed by atoms with E-state index in [1.807, 2.05) is 4.90 Å². The normalized spacial score (nSPS) is 20.3. The van der Waals surface area contributed by atoms with E-state index in [0.29, 0.717) is 25.1 Å². The number of aliphatic carboxylic acids is 1. The lowest BCUT2D eigenvalue weighted by Crippen LogP contribution is -2.40. The molecule has 0 aliphatic carbocycles. The van der Waals surface area contributed by atoms with Crippen LogP contribution >= 0.6 is 0 Å². The Morgan fingerprint density at radius 2 is 2.10 bits per heavy atom. The van der Waals surface area contributed by atoms with Gasteiger partial charge in [0.05, 0.1) is 4.92 Å². The van der Waals surface area contributed by atoms with Crippen LogP contribution in [0.2, 0.25) is 0 Å². The molecule has 0 spiro atoms. The zero-order valence-electron chi connectivity index (χ0n) is 11.2. The van der Waals surface area contributed by atoms with Crippen molar-refractivity contribution in [3.05, 3.63) is 39.9 Å². The van der Waals surface area contributed by atoms with Gasteiger partial charge in [0.1, 0.15) is 6.04 Å². The number of carbonyl (C=O) groups is 1. The summed E-state index contributed by atoms with van der Waals surface area (Å²) < 4.78 is 0. The highest BCUT2D eigenvalue weighted by atomic mass is 16.6. The van der Waals surface area contributed by atoms with Crippen molar-refractivity contribution in [2.75, 3.05) is 6.54 Å². The van der Waals surface area contributed by atoms with Gasteiger partial charge < -0.3 is 5.11 Å². The van der Waals surface area contributed by atoms with E-state index in [2.05, 4.69) is 0 Å². The molecule has 1 saturated heterocycles. The van der Waals surface area contributed by atoms with Crippen LogP contribution in [0.5, 0.6) is 0 Å². The maximum Gasteiger partial charge on any atom is 0.320 e. The van der Waals surface area contributed by atoms with Gasteiger partial charge in [0.25, 0.3) is 5.69 Å². The smallest absolute Gasteiger partial charge is 0.320 e. The number of para-hydroxylation sites is 1. The van der Waals surface area contributed by atoms with Crippen molar-refractivity contribution in [3.63, 3.8) is 0 Å². The van der Waals surface area contributed by atoms with Gasteiger partial charge in [0, 0.05) is 18.2 Å². The lowest BCUT2D eigenvalue weighted by atomic mass is 10.1. The molecule has 1 fully saturated rings. The summed E-state index contributed by atoms with van der Waals surface area (Å²) in [5.74, 6) is -0.842. The second kappa shape index (κ2) is 6.47. The average Bonchev–Trinajstić information content (AvgIpc) is 2.64. The molecule has 1 aromatic rings. The van der Waals surface area contributed by atoms with Crippen LogP contribution in [0.1, 0.15) is 31.2 Å². The molecule has 0 amide bonds. The van der Waals surface area contributed by atoms with Crippen LogP contribution in [-0.4, -0.2) is 33.5 Å². The third-order valence-corrected chi connectivity index (χ3v) is 3.71. The zero-order chi connectivity index (χ0) is 14.5. The average molecular weight is 278 g/mol. The molecule has 1 aromatic carbocycles. The van der Waals surface area contributed by atoms with Crippen LogP contribution in [0.25, 0.3) is 0 Å². The van der Waals surface area contributed by atoms with Gasteiger partial charge in [-0.15, -0.1) is 0 Å². The van der Waals surface area contributed by atoms with E-state index in [-0.39, 0.29) is 5.69 Å². The fourth-order valence-electron chi connectivity index (χ4n) is 2.68. The van der Waals surface area contributed by atoms with Gasteiger partial charge in [0.2, 0.25) is 0 Å². The highest BCUT2D eigenvalue weighted by Gasteiger charge is 2.28. The Hall–Kier alpha value is -1.95. The molecule has 20 heavy (non-hydrogen) atoms. The Labute approximate surface area is 117 Å². The van der Waals surface area contributed by atoms with E-state index >= 15 is 0 Å². The van der Waals surface area contributed by atoms with Crippen LogP contribution < -0.4 is 0 Å². The van der Waals surface area contributed by atoms with Crippen molar-refractivity contribution in [3.8, 4) is 0 Å². The van der Waals surface area contributed by atoms with E-state index in [1.165, 1.54) is 6.07 Å². The topological polar surface area (TPSA) is 83.7 Å². The Morgan fingerprint density at radius 3 is 2.80 bits per heavy atom. The van der Waals surface area contributed by atoms with Crippen molar-refractivity contribution < 1.29 is 14.8 Å². The van der Waals surface area contributed by atoms with Crippen molar-refractivity contribution in [1.82, 2.24) is 4.90 Å². The number of nitrogens with zero attached hydrogens (tertiary/aromatic N) is 2. The van der Waals surface area contributed by atoms with Crippen LogP contribution in [0, 0.1) is 10.1 Å². The summed E-state index contributed by atoms with van der Waals surface area (Å²) in [5, 5.41) is 20.3. The molecule has 1 unspecified atom stereocenters. The van der Waals surface area contributed by atoms with Gasteiger partial charge in [-0.05, 0) is 19.4 Å². The molecule has 0 aromatic heterocycles. The number of rotatable bonds is 4. The lowest BCUT2D eigenvalue weighted by Gasteiger charge is -2.26. The summed E-state index contributed by atoms with van der Waals surface area (Å²) in [6.07, 6.45) is 3.45. The molecule has 0 saturated carbocycles. The fraction of sp³-hybridized carbons (Fsp3) is 0.500. The molecule has 1 aliphatic heterocycles. The summed E-state index contributed by atoms with van der Waals surface area (Å²) in [6.45, 7) is 0.983. The minimum Gasteiger partial charge on any atom is -0.480 e. The molecule has 1 aliphatic rings. The predicted octanol–water partition coefficient (Wildman–Crippen LogP) is 2.42. The third kappa shape index (κ3) is 3.33. The van der Waals surface area contributed by atoms with Gasteiger partial charge >= 0.3 is 5.97 Å². The first-order chi connectivity index (χ1) is 9.59. The van der Waals surface area contributed by atoms with Gasteiger partial charge in [-0.3, -0.25) is 19.8 Å². The van der Waals surface area contributed by atoms with E-state index in [0.717, 1.165) is 19.3 Å². The number of carboxylic acids is 1. The number of carboxylic acid groups (broad SMARTS) is 1. The lowest BCUT2D eigenvalue weighted by molar-refractivity contribution is -0.385. The molecule has 2 rings (SSSR count). The van der Waals surface area contributed by atoms with Crippen LogP contribution in [0.15, 0.2) is 24.3 Å². The van der Waals surface area contributed by atoms with E-state index < -0.39 is 16.9 Å². The largest absolute Gasteiger partial charge is 0.480 e. The Bertz CT molecular complexity index is 504. The minimum atomic E-state index is -0.842. The molecule has 1 atom stereocenters. The van der Waals surface area contributed by atoms with Crippen LogP contribution in [0.4, 0.5) is 5.69 Å². The number of likely N-dealkylation sites (tertiary alicyclic amines) is 1. The Morgan fingerprint density at radius 1 is 1.35 bits per heavy atom. The second-order valence-electron chi connectivity index (χ2n) is 5.06. The van der Waals surface area contributed by atoms with Crippen molar-refractivity contribution in [2.24, 2.45) is 0 Å². The maximum atomic E-state index is 11.4. The standard InChI is InChI=1S/C14H18N2O4/c17-14(18)13-8-2-1-5-9-15(13)10-11-6-3-4-7-12(11)16(19)20/h3-4,6-7,13H,1-2,5,8-10H2,(H,17,18). The molecule has 0 radical (unpaired) electrons. The zero-order valence-corrected chi connectivity index (χ0v) is 11.2. The van der Waals surface area contributed by atoms with Gasteiger partial charge in [-0.1, -0.05) is 31.0 Å². The highest BCUT2D eigenvalue weighted by molar-refractivity contribution is 5.73. The van der Waals surface area contributed by atoms with Crippen LogP contribution in [0.3, 0.4) is 0 Å². The number of nitro groups is 1. The number of hydrogen-bond acceptors (Lipinski definition) is 4. The number of benzene rings is 1. The van der Waals surface area contributed by atoms with E-state index in [9.17, 15) is 20.0 Å². The van der Waals surface area contributed by atoms with Gasteiger partial charge in [0.15, 0.2) is 0 Å². The minimum absolute atomic E-state index is 0.0564. The first-order valence-corrected chi connectivity index (χ1v) is 6.78. The predicted molar refractivity (Wildman–Crippen MR) is 73.4 cm³/mol. The molecule has 0 bridgehead atoms. The summed E-state index contributed by atoms with van der Waals surface area (Å²) >= 11 is 0. The molecular formula is C14H18N2O4. The van der Waals surface area contributed by atoms with Gasteiger partial charge in [-0.2, -0.15) is 0 Å². The van der Waals surface area contributed by atoms with E-state index in [4.69, 9.17) is 0 Å². The van der Waals surface area contributed by atoms with Gasteiger partial charge in [-0.25, -0.2) is 0 Å². The van der Waals surface area contributed by atoms with Crippen molar-refractivity contribution >= 4 is 11.7 Å². The summed E-state index contributed by atoms with van der Waals surface area (Å²) in [7, 11) is 0. The Kier molecular flexibility index (Phi) is 4.68. The van der Waals surface area contributed by atoms with Crippen molar-refractivity contribution in [2.45, 2.75) is 38.3 Å². The summed E-state index contributed by atoms with van der Waals surface area (Å²) in [5.41, 5.74) is 0.631. The summed E-state index contributed by atoms with van der Waals surface area (Å²) in [4.78, 5) is 23.8. The third-order valence-electron chi connectivity index (χ3n) is 3.71. The van der Waals surface area contributed by atoms with E-state index in [1.54, 1.807) is 18.2 Å². The fourth-order valence-corrected chi connectivity index (χ4v) is 2.68. The first-order valence-electron chi connectivity index (χ1n) is 6.78. The monoisotopic (exact) mass is 278 g/mol. The quantitative estimate of drug-likeness (QED) is 0.675. The van der Waals surface area contributed by atoms with Crippen LogP contribution in [-0.2, 0) is 11.3 Å². The molecular weight excluding hydrogens is 260 g/mol.